The highest BCUT2D eigenvalue weighted by Crippen LogP contribution is 2.23. The van der Waals surface area contributed by atoms with Crippen LogP contribution in [0.1, 0.15) is 11.1 Å². The summed E-state index contributed by atoms with van der Waals surface area (Å²) in [4.78, 5) is 0. The van der Waals surface area contributed by atoms with Gasteiger partial charge in [-0.25, -0.2) is 8.78 Å². The van der Waals surface area contributed by atoms with Crippen LogP contribution in [0.25, 0.3) is 0 Å². The third kappa shape index (κ3) is 4.02. The lowest BCUT2D eigenvalue weighted by molar-refractivity contribution is 0.223. The summed E-state index contributed by atoms with van der Waals surface area (Å²) in [5.41, 5.74) is 1.28. The number of aliphatic hydroxyl groups is 1. The normalized spacial score (nSPS) is 12.2. The molecular formula is C17H18F2O2. The van der Waals surface area contributed by atoms with Gasteiger partial charge in [0.1, 0.15) is 5.82 Å². The van der Waals surface area contributed by atoms with Crippen molar-refractivity contribution in [3.05, 3.63) is 65.2 Å². The van der Waals surface area contributed by atoms with Gasteiger partial charge in [0.2, 0.25) is 0 Å². The molecule has 2 aromatic carbocycles. The highest BCUT2D eigenvalue weighted by Gasteiger charge is 2.15. The van der Waals surface area contributed by atoms with Crippen LogP contribution in [0.5, 0.6) is 5.75 Å². The first kappa shape index (κ1) is 15.4. The molecule has 2 rings (SSSR count). The summed E-state index contributed by atoms with van der Waals surface area (Å²) in [6, 6.07) is 11.2. The molecule has 0 amide bonds. The quantitative estimate of drug-likeness (QED) is 0.884. The molecule has 0 heterocycles. The van der Waals surface area contributed by atoms with Gasteiger partial charge in [-0.1, -0.05) is 24.3 Å². The van der Waals surface area contributed by atoms with E-state index in [4.69, 9.17) is 4.74 Å². The van der Waals surface area contributed by atoms with Gasteiger partial charge < -0.3 is 9.84 Å². The molecule has 0 aliphatic carbocycles. The van der Waals surface area contributed by atoms with Crippen molar-refractivity contribution >= 4 is 0 Å². The van der Waals surface area contributed by atoms with Crippen LogP contribution in [0.2, 0.25) is 0 Å². The number of methoxy groups -OCH3 is 1. The maximum absolute atomic E-state index is 14.1. The Morgan fingerprint density at radius 3 is 2.52 bits per heavy atom. The van der Waals surface area contributed by atoms with Crippen LogP contribution in [0.4, 0.5) is 8.78 Å². The Bertz CT molecular complexity index is 599. The minimum atomic E-state index is -0.405. The fraction of sp³-hybridized carbons (Fsp3) is 0.294. The number of rotatable bonds is 6. The number of aliphatic hydroxyl groups excluding tert-OH is 1. The molecule has 4 heteroatoms. The zero-order valence-electron chi connectivity index (χ0n) is 11.9. The maximum atomic E-state index is 14.1. The first-order chi connectivity index (χ1) is 10.1. The van der Waals surface area contributed by atoms with Crippen molar-refractivity contribution in [3.63, 3.8) is 0 Å². The minimum Gasteiger partial charge on any atom is -0.494 e. The molecule has 2 aromatic rings. The lowest BCUT2D eigenvalue weighted by Gasteiger charge is -2.15. The Morgan fingerprint density at radius 1 is 1.10 bits per heavy atom. The molecule has 1 atom stereocenters. The van der Waals surface area contributed by atoms with E-state index in [1.165, 1.54) is 19.2 Å². The highest BCUT2D eigenvalue weighted by atomic mass is 19.1. The molecule has 0 aliphatic rings. The first-order valence-corrected chi connectivity index (χ1v) is 6.80. The van der Waals surface area contributed by atoms with Gasteiger partial charge in [0.05, 0.1) is 7.11 Å². The predicted octanol–water partition coefficient (Wildman–Crippen LogP) is 3.37. The fourth-order valence-corrected chi connectivity index (χ4v) is 2.38. The zero-order chi connectivity index (χ0) is 15.2. The summed E-state index contributed by atoms with van der Waals surface area (Å²) in [6.45, 7) is -0.0901. The minimum absolute atomic E-state index is 0.0901. The molecule has 21 heavy (non-hydrogen) atoms. The van der Waals surface area contributed by atoms with Crippen molar-refractivity contribution in [2.45, 2.75) is 12.8 Å². The molecule has 0 bridgehead atoms. The van der Waals surface area contributed by atoms with Crippen LogP contribution >= 0.6 is 0 Å². The van der Waals surface area contributed by atoms with Crippen molar-refractivity contribution in [2.75, 3.05) is 13.7 Å². The Balaban J connectivity index is 2.12. The highest BCUT2D eigenvalue weighted by molar-refractivity contribution is 5.31. The Hall–Kier alpha value is -1.94. The third-order valence-electron chi connectivity index (χ3n) is 3.44. The van der Waals surface area contributed by atoms with Crippen molar-refractivity contribution in [1.82, 2.24) is 0 Å². The van der Waals surface area contributed by atoms with E-state index in [2.05, 4.69) is 0 Å². The Labute approximate surface area is 123 Å². The fourth-order valence-electron chi connectivity index (χ4n) is 2.38. The van der Waals surface area contributed by atoms with Gasteiger partial charge in [0.15, 0.2) is 11.6 Å². The van der Waals surface area contributed by atoms with Gasteiger partial charge >= 0.3 is 0 Å². The molecule has 1 unspecified atom stereocenters. The molecule has 0 saturated carbocycles. The molecular weight excluding hydrogens is 274 g/mol. The molecule has 0 aromatic heterocycles. The zero-order valence-corrected chi connectivity index (χ0v) is 11.9. The summed E-state index contributed by atoms with van der Waals surface area (Å²) in [5.74, 6) is -0.696. The van der Waals surface area contributed by atoms with Crippen LogP contribution in [0.3, 0.4) is 0 Å². The molecule has 0 aliphatic heterocycles. The van der Waals surface area contributed by atoms with Crippen molar-refractivity contribution in [3.8, 4) is 5.75 Å². The summed E-state index contributed by atoms with van der Waals surface area (Å²) < 4.78 is 32.2. The number of benzene rings is 2. The average Bonchev–Trinajstić information content (AvgIpc) is 2.48. The summed E-state index contributed by atoms with van der Waals surface area (Å²) in [7, 11) is 1.42. The van der Waals surface area contributed by atoms with E-state index < -0.39 is 5.82 Å². The molecule has 1 N–H and O–H groups in total. The molecule has 0 fully saturated rings. The SMILES string of the molecule is COc1cccc(CC(CO)Cc2cccc(F)c2)c1F. The Kier molecular flexibility index (Phi) is 5.28. The second kappa shape index (κ2) is 7.18. The number of hydrogen-bond acceptors (Lipinski definition) is 2. The molecule has 0 radical (unpaired) electrons. The van der Waals surface area contributed by atoms with E-state index in [0.717, 1.165) is 5.56 Å². The monoisotopic (exact) mass is 292 g/mol. The number of hydrogen-bond donors (Lipinski definition) is 1. The van der Waals surface area contributed by atoms with Crippen LogP contribution in [0, 0.1) is 17.6 Å². The summed E-state index contributed by atoms with van der Waals surface area (Å²) in [5, 5.41) is 9.49. The van der Waals surface area contributed by atoms with E-state index in [1.54, 1.807) is 30.3 Å². The van der Waals surface area contributed by atoms with Gasteiger partial charge in [-0.05, 0) is 48.1 Å². The lowest BCUT2D eigenvalue weighted by atomic mass is 9.93. The number of ether oxygens (including phenoxy) is 1. The lowest BCUT2D eigenvalue weighted by Crippen LogP contribution is -2.14. The maximum Gasteiger partial charge on any atom is 0.168 e. The topological polar surface area (TPSA) is 29.5 Å². The van der Waals surface area contributed by atoms with E-state index in [-0.39, 0.29) is 24.1 Å². The van der Waals surface area contributed by atoms with Crippen LogP contribution in [0.15, 0.2) is 42.5 Å². The smallest absolute Gasteiger partial charge is 0.168 e. The predicted molar refractivity (Wildman–Crippen MR) is 77.3 cm³/mol. The second-order valence-corrected chi connectivity index (χ2v) is 5.02. The van der Waals surface area contributed by atoms with E-state index in [1.807, 2.05) is 0 Å². The molecule has 2 nitrogen and oxygen atoms in total. The largest absolute Gasteiger partial charge is 0.494 e. The van der Waals surface area contributed by atoms with Crippen LogP contribution < -0.4 is 4.74 Å². The summed E-state index contributed by atoms with van der Waals surface area (Å²) in [6.07, 6.45) is 0.862. The van der Waals surface area contributed by atoms with Gasteiger partial charge in [-0.15, -0.1) is 0 Å². The van der Waals surface area contributed by atoms with Gasteiger partial charge in [-0.3, -0.25) is 0 Å². The van der Waals surface area contributed by atoms with Gasteiger partial charge in [0, 0.05) is 6.61 Å². The van der Waals surface area contributed by atoms with Gasteiger partial charge in [0.25, 0.3) is 0 Å². The average molecular weight is 292 g/mol. The van der Waals surface area contributed by atoms with Crippen LogP contribution in [-0.2, 0) is 12.8 Å². The molecule has 0 spiro atoms. The van der Waals surface area contributed by atoms with E-state index in [0.29, 0.717) is 18.4 Å². The van der Waals surface area contributed by atoms with Crippen molar-refractivity contribution < 1.29 is 18.6 Å². The first-order valence-electron chi connectivity index (χ1n) is 6.80. The second-order valence-electron chi connectivity index (χ2n) is 5.02. The summed E-state index contributed by atoms with van der Waals surface area (Å²) >= 11 is 0. The van der Waals surface area contributed by atoms with E-state index in [9.17, 15) is 13.9 Å². The third-order valence-corrected chi connectivity index (χ3v) is 3.44. The van der Waals surface area contributed by atoms with E-state index >= 15 is 0 Å². The van der Waals surface area contributed by atoms with Crippen molar-refractivity contribution in [1.29, 1.82) is 0 Å². The van der Waals surface area contributed by atoms with Crippen molar-refractivity contribution in [2.24, 2.45) is 5.92 Å². The standard InChI is InChI=1S/C17H18F2O2/c1-21-16-7-3-5-14(17(16)19)9-13(11-20)8-12-4-2-6-15(18)10-12/h2-7,10,13,20H,8-9,11H2,1H3. The van der Waals surface area contributed by atoms with Crippen LogP contribution in [-0.4, -0.2) is 18.8 Å². The Morgan fingerprint density at radius 2 is 1.86 bits per heavy atom. The molecule has 0 saturated heterocycles. The number of halogens is 2. The molecule has 112 valence electrons. The van der Waals surface area contributed by atoms with Gasteiger partial charge in [-0.2, -0.15) is 0 Å².